The second kappa shape index (κ2) is 6.80. The highest BCUT2D eigenvalue weighted by molar-refractivity contribution is 5.55. The van der Waals surface area contributed by atoms with E-state index in [1.807, 2.05) is 0 Å². The van der Waals surface area contributed by atoms with Gasteiger partial charge in [-0.2, -0.15) is 0 Å². The van der Waals surface area contributed by atoms with E-state index < -0.39 is 0 Å². The van der Waals surface area contributed by atoms with Crippen LogP contribution in [-0.4, -0.2) is 24.3 Å². The molecule has 0 bridgehead atoms. The molecule has 1 heterocycles. The average Bonchev–Trinajstić information content (AvgIpc) is 2.93. The Kier molecular flexibility index (Phi) is 4.81. The van der Waals surface area contributed by atoms with Crippen LogP contribution in [-0.2, 0) is 0 Å². The van der Waals surface area contributed by atoms with Crippen LogP contribution in [0.1, 0.15) is 56.6 Å². The van der Waals surface area contributed by atoms with Crippen molar-refractivity contribution in [3.05, 3.63) is 29.8 Å². The number of aliphatic hydroxyl groups is 1. The zero-order valence-corrected chi connectivity index (χ0v) is 12.9. The topological polar surface area (TPSA) is 49.5 Å². The third-order valence-corrected chi connectivity index (χ3v) is 5.13. The first-order valence-corrected chi connectivity index (χ1v) is 8.51. The second-order valence-corrected chi connectivity index (χ2v) is 6.79. The van der Waals surface area contributed by atoms with Gasteiger partial charge in [0, 0.05) is 24.8 Å². The van der Waals surface area contributed by atoms with Crippen LogP contribution >= 0.6 is 0 Å². The number of nitrogens with two attached hydrogens (primary N) is 1. The monoisotopic (exact) mass is 288 g/mol. The quantitative estimate of drug-likeness (QED) is 0.894. The minimum absolute atomic E-state index is 0.137. The van der Waals surface area contributed by atoms with Crippen LogP contribution in [0.3, 0.4) is 0 Å². The third kappa shape index (κ3) is 3.58. The maximum atomic E-state index is 10.5. The van der Waals surface area contributed by atoms with Gasteiger partial charge in [0.15, 0.2) is 0 Å². The smallest absolute Gasteiger partial charge is 0.0717 e. The average molecular weight is 288 g/mol. The molecule has 1 aliphatic carbocycles. The van der Waals surface area contributed by atoms with Crippen LogP contribution in [0.4, 0.5) is 5.69 Å². The fraction of sp³-hybridized carbons (Fsp3) is 0.667. The van der Waals surface area contributed by atoms with Crippen molar-refractivity contribution < 1.29 is 5.11 Å². The summed E-state index contributed by atoms with van der Waals surface area (Å²) in [6, 6.07) is 8.58. The molecular formula is C18H28N2O. The minimum atomic E-state index is -0.213. The SMILES string of the molecule is NC1CCCN(CC(O)CC2CCCC2)c2ccccc21. The summed E-state index contributed by atoms with van der Waals surface area (Å²) < 4.78 is 0. The fourth-order valence-corrected chi connectivity index (χ4v) is 4.02. The molecule has 0 radical (unpaired) electrons. The molecule has 1 saturated carbocycles. The first-order chi connectivity index (χ1) is 10.2. The predicted octanol–water partition coefficient (Wildman–Crippen LogP) is 3.23. The van der Waals surface area contributed by atoms with E-state index in [1.54, 1.807) is 0 Å². The Morgan fingerprint density at radius 3 is 2.71 bits per heavy atom. The van der Waals surface area contributed by atoms with E-state index in [0.29, 0.717) is 0 Å². The van der Waals surface area contributed by atoms with Crippen LogP contribution in [0, 0.1) is 5.92 Å². The number of fused-ring (bicyclic) bond motifs is 1. The molecular weight excluding hydrogens is 260 g/mol. The number of nitrogens with zero attached hydrogens (tertiary/aromatic N) is 1. The summed E-state index contributed by atoms with van der Waals surface area (Å²) in [5, 5.41) is 10.5. The summed E-state index contributed by atoms with van der Waals surface area (Å²) in [5.74, 6) is 0.740. The molecule has 1 aliphatic heterocycles. The Morgan fingerprint density at radius 2 is 1.90 bits per heavy atom. The minimum Gasteiger partial charge on any atom is -0.391 e. The Morgan fingerprint density at radius 1 is 1.14 bits per heavy atom. The number of β-amino-alcohol motifs (C(OH)–C–C–N with tert-alkyl or cyclic N) is 1. The van der Waals surface area contributed by atoms with Crippen molar-refractivity contribution in [3.8, 4) is 0 Å². The van der Waals surface area contributed by atoms with Crippen LogP contribution in [0.5, 0.6) is 0 Å². The molecule has 2 unspecified atom stereocenters. The molecule has 2 aliphatic rings. The lowest BCUT2D eigenvalue weighted by molar-refractivity contribution is 0.148. The number of para-hydroxylation sites is 1. The molecule has 116 valence electrons. The van der Waals surface area contributed by atoms with Gasteiger partial charge in [0.05, 0.1) is 6.10 Å². The van der Waals surface area contributed by atoms with E-state index in [0.717, 1.165) is 38.3 Å². The molecule has 0 saturated heterocycles. The molecule has 0 amide bonds. The Labute approximate surface area is 128 Å². The highest BCUT2D eigenvalue weighted by atomic mass is 16.3. The predicted molar refractivity (Wildman–Crippen MR) is 87.4 cm³/mol. The Balaban J connectivity index is 1.67. The van der Waals surface area contributed by atoms with E-state index in [2.05, 4.69) is 29.2 Å². The maximum Gasteiger partial charge on any atom is 0.0717 e. The molecule has 1 aromatic carbocycles. The van der Waals surface area contributed by atoms with E-state index in [9.17, 15) is 5.11 Å². The number of aliphatic hydroxyl groups excluding tert-OH is 1. The van der Waals surface area contributed by atoms with Gasteiger partial charge in [-0.3, -0.25) is 0 Å². The molecule has 3 heteroatoms. The van der Waals surface area contributed by atoms with E-state index in [1.165, 1.54) is 36.9 Å². The van der Waals surface area contributed by atoms with E-state index >= 15 is 0 Å². The Bertz CT molecular complexity index is 456. The molecule has 0 aromatic heterocycles. The van der Waals surface area contributed by atoms with Crippen molar-refractivity contribution in [2.24, 2.45) is 11.7 Å². The summed E-state index contributed by atoms with van der Waals surface area (Å²) in [5.41, 5.74) is 8.75. The Hall–Kier alpha value is -1.06. The number of hydrogen-bond acceptors (Lipinski definition) is 3. The first-order valence-electron chi connectivity index (χ1n) is 8.51. The van der Waals surface area contributed by atoms with Crippen LogP contribution in [0.25, 0.3) is 0 Å². The first kappa shape index (κ1) is 14.9. The van der Waals surface area contributed by atoms with Crippen molar-refractivity contribution in [1.29, 1.82) is 0 Å². The normalized spacial score (nSPS) is 24.7. The highest BCUT2D eigenvalue weighted by Gasteiger charge is 2.24. The van der Waals surface area contributed by atoms with Gasteiger partial charge in [0.2, 0.25) is 0 Å². The molecule has 2 atom stereocenters. The van der Waals surface area contributed by atoms with E-state index in [4.69, 9.17) is 5.73 Å². The molecule has 3 rings (SSSR count). The second-order valence-electron chi connectivity index (χ2n) is 6.79. The van der Waals surface area contributed by atoms with E-state index in [-0.39, 0.29) is 12.1 Å². The number of benzene rings is 1. The largest absolute Gasteiger partial charge is 0.391 e. The maximum absolute atomic E-state index is 10.5. The van der Waals surface area contributed by atoms with Gasteiger partial charge in [0.25, 0.3) is 0 Å². The lowest BCUT2D eigenvalue weighted by Crippen LogP contribution is -2.34. The number of anilines is 1. The van der Waals surface area contributed by atoms with Gasteiger partial charge >= 0.3 is 0 Å². The highest BCUT2D eigenvalue weighted by Crippen LogP contribution is 2.33. The zero-order chi connectivity index (χ0) is 14.7. The molecule has 1 fully saturated rings. The summed E-state index contributed by atoms with van der Waals surface area (Å²) >= 11 is 0. The molecule has 3 N–H and O–H groups in total. The van der Waals surface area contributed by atoms with Crippen LogP contribution < -0.4 is 10.6 Å². The lowest BCUT2D eigenvalue weighted by Gasteiger charge is -2.28. The van der Waals surface area contributed by atoms with Crippen LogP contribution in [0.2, 0.25) is 0 Å². The molecule has 3 nitrogen and oxygen atoms in total. The van der Waals surface area contributed by atoms with Gasteiger partial charge in [-0.05, 0) is 36.8 Å². The summed E-state index contributed by atoms with van der Waals surface area (Å²) in [6.07, 6.45) is 8.19. The molecule has 0 spiro atoms. The standard InChI is InChI=1S/C18H28N2O/c19-17-9-5-11-20(18-10-4-3-8-16(17)18)13-15(21)12-14-6-1-2-7-14/h3-4,8,10,14-15,17,21H,1-2,5-7,9,11-13,19H2. The fourth-order valence-electron chi connectivity index (χ4n) is 4.02. The lowest BCUT2D eigenvalue weighted by atomic mass is 9.99. The van der Waals surface area contributed by atoms with Gasteiger partial charge in [-0.25, -0.2) is 0 Å². The number of rotatable bonds is 4. The van der Waals surface area contributed by atoms with Gasteiger partial charge in [-0.1, -0.05) is 43.9 Å². The van der Waals surface area contributed by atoms with Crippen molar-refractivity contribution >= 4 is 5.69 Å². The van der Waals surface area contributed by atoms with Crippen molar-refractivity contribution in [2.75, 3.05) is 18.0 Å². The van der Waals surface area contributed by atoms with Crippen LogP contribution in [0.15, 0.2) is 24.3 Å². The molecule has 1 aromatic rings. The summed E-state index contributed by atoms with van der Waals surface area (Å²) in [7, 11) is 0. The van der Waals surface area contributed by atoms with Gasteiger partial charge in [-0.15, -0.1) is 0 Å². The summed E-state index contributed by atoms with van der Waals surface area (Å²) in [6.45, 7) is 1.76. The summed E-state index contributed by atoms with van der Waals surface area (Å²) in [4.78, 5) is 2.35. The number of hydrogen-bond donors (Lipinski definition) is 2. The third-order valence-electron chi connectivity index (χ3n) is 5.13. The molecule has 21 heavy (non-hydrogen) atoms. The van der Waals surface area contributed by atoms with Crippen molar-refractivity contribution in [3.63, 3.8) is 0 Å². The zero-order valence-electron chi connectivity index (χ0n) is 12.9. The van der Waals surface area contributed by atoms with Gasteiger partial charge in [0.1, 0.15) is 0 Å². The van der Waals surface area contributed by atoms with Crippen molar-refractivity contribution in [1.82, 2.24) is 0 Å². The van der Waals surface area contributed by atoms with Crippen molar-refractivity contribution in [2.45, 2.75) is 57.1 Å². The van der Waals surface area contributed by atoms with Gasteiger partial charge < -0.3 is 15.7 Å².